The van der Waals surface area contributed by atoms with Gasteiger partial charge in [-0.25, -0.2) is 0 Å². The highest BCUT2D eigenvalue weighted by Crippen LogP contribution is 2.22. The standard InChI is InChI=1S/C15H15BrN2O2/c1-9(19)10-3-2-4-12(7-10)18-15(20)11-5-6-13(16)14(17)8-11/h2-9,19H,17H2,1H3,(H,18,20)/t9-/m1/s1. The van der Waals surface area contributed by atoms with Crippen LogP contribution in [0.4, 0.5) is 11.4 Å². The Balaban J connectivity index is 2.19. The zero-order chi connectivity index (χ0) is 14.7. The van der Waals surface area contributed by atoms with E-state index in [1.165, 1.54) is 0 Å². The molecule has 0 saturated heterocycles. The van der Waals surface area contributed by atoms with Crippen molar-refractivity contribution in [3.8, 4) is 0 Å². The van der Waals surface area contributed by atoms with Gasteiger partial charge in [0, 0.05) is 21.4 Å². The molecule has 0 spiro atoms. The number of benzene rings is 2. The van der Waals surface area contributed by atoms with E-state index in [0.717, 1.165) is 10.0 Å². The van der Waals surface area contributed by atoms with Crippen molar-refractivity contribution in [3.63, 3.8) is 0 Å². The Morgan fingerprint density at radius 3 is 2.70 bits per heavy atom. The molecule has 0 aliphatic heterocycles. The van der Waals surface area contributed by atoms with Crippen LogP contribution < -0.4 is 11.1 Å². The fraction of sp³-hybridized carbons (Fsp3) is 0.133. The third-order valence-corrected chi connectivity index (χ3v) is 3.61. The fourth-order valence-electron chi connectivity index (χ4n) is 1.76. The molecule has 0 bridgehead atoms. The Morgan fingerprint density at radius 1 is 1.30 bits per heavy atom. The average Bonchev–Trinajstić information content (AvgIpc) is 2.42. The van der Waals surface area contributed by atoms with Crippen molar-refractivity contribution in [2.75, 3.05) is 11.1 Å². The number of amides is 1. The molecule has 0 fully saturated rings. The van der Waals surface area contributed by atoms with Gasteiger partial charge >= 0.3 is 0 Å². The second-order valence-corrected chi connectivity index (χ2v) is 5.35. The summed E-state index contributed by atoms with van der Waals surface area (Å²) in [6.45, 7) is 1.68. The largest absolute Gasteiger partial charge is 0.398 e. The summed E-state index contributed by atoms with van der Waals surface area (Å²) in [6, 6.07) is 12.1. The van der Waals surface area contributed by atoms with Crippen molar-refractivity contribution in [3.05, 3.63) is 58.1 Å². The van der Waals surface area contributed by atoms with E-state index in [0.29, 0.717) is 16.9 Å². The molecule has 20 heavy (non-hydrogen) atoms. The third kappa shape index (κ3) is 3.37. The molecule has 2 aromatic carbocycles. The summed E-state index contributed by atoms with van der Waals surface area (Å²) in [5, 5.41) is 12.3. The predicted molar refractivity (Wildman–Crippen MR) is 83.6 cm³/mol. The quantitative estimate of drug-likeness (QED) is 0.753. The van der Waals surface area contributed by atoms with Crippen LogP contribution in [-0.2, 0) is 0 Å². The van der Waals surface area contributed by atoms with Gasteiger partial charge in [0.05, 0.1) is 6.10 Å². The van der Waals surface area contributed by atoms with Crippen LogP contribution in [-0.4, -0.2) is 11.0 Å². The maximum atomic E-state index is 12.1. The summed E-state index contributed by atoms with van der Waals surface area (Å²) >= 11 is 3.29. The van der Waals surface area contributed by atoms with Crippen LogP contribution in [0.15, 0.2) is 46.9 Å². The second kappa shape index (κ2) is 6.07. The number of aliphatic hydroxyl groups is 1. The number of nitrogens with one attached hydrogen (secondary N) is 1. The fourth-order valence-corrected chi connectivity index (χ4v) is 2.01. The summed E-state index contributed by atoms with van der Waals surface area (Å²) in [7, 11) is 0. The van der Waals surface area contributed by atoms with Crippen LogP contribution in [0.3, 0.4) is 0 Å². The van der Waals surface area contributed by atoms with Gasteiger partial charge in [-0.15, -0.1) is 0 Å². The first-order chi connectivity index (χ1) is 9.47. The number of carbonyl (C=O) groups is 1. The first-order valence-electron chi connectivity index (χ1n) is 6.12. The molecule has 1 amide bonds. The van der Waals surface area contributed by atoms with E-state index in [1.54, 1.807) is 49.4 Å². The Kier molecular flexibility index (Phi) is 4.42. The highest BCUT2D eigenvalue weighted by Gasteiger charge is 2.09. The number of halogens is 1. The topological polar surface area (TPSA) is 75.3 Å². The minimum absolute atomic E-state index is 0.244. The molecule has 1 atom stereocenters. The molecule has 0 saturated carbocycles. The minimum Gasteiger partial charge on any atom is -0.398 e. The van der Waals surface area contributed by atoms with E-state index < -0.39 is 6.10 Å². The Labute approximate surface area is 125 Å². The summed E-state index contributed by atoms with van der Waals surface area (Å²) in [5.41, 5.74) is 8.13. The molecule has 4 N–H and O–H groups in total. The van der Waals surface area contributed by atoms with Gasteiger partial charge in [-0.3, -0.25) is 4.79 Å². The van der Waals surface area contributed by atoms with Crippen LogP contribution in [0.1, 0.15) is 28.9 Å². The van der Waals surface area contributed by atoms with Crippen LogP contribution in [0.25, 0.3) is 0 Å². The molecule has 0 aromatic heterocycles. The maximum Gasteiger partial charge on any atom is 0.255 e. The first kappa shape index (κ1) is 14.6. The lowest BCUT2D eigenvalue weighted by Crippen LogP contribution is -2.12. The van der Waals surface area contributed by atoms with Crippen LogP contribution >= 0.6 is 15.9 Å². The third-order valence-electron chi connectivity index (χ3n) is 2.89. The van der Waals surface area contributed by atoms with E-state index in [9.17, 15) is 9.90 Å². The number of anilines is 2. The van der Waals surface area contributed by atoms with Crippen molar-refractivity contribution in [1.29, 1.82) is 0 Å². The predicted octanol–water partition coefficient (Wildman–Crippen LogP) is 3.34. The van der Waals surface area contributed by atoms with Gasteiger partial charge < -0.3 is 16.2 Å². The SMILES string of the molecule is C[C@@H](O)c1cccc(NC(=O)c2ccc(Br)c(N)c2)c1. The average molecular weight is 335 g/mol. The molecular weight excluding hydrogens is 320 g/mol. The number of nitrogen functional groups attached to an aromatic ring is 1. The molecule has 0 unspecified atom stereocenters. The smallest absolute Gasteiger partial charge is 0.255 e. The zero-order valence-electron chi connectivity index (χ0n) is 10.9. The number of hydrogen-bond acceptors (Lipinski definition) is 3. The normalized spacial score (nSPS) is 11.9. The number of aliphatic hydroxyl groups excluding tert-OH is 1. The molecule has 104 valence electrons. The zero-order valence-corrected chi connectivity index (χ0v) is 12.5. The molecule has 0 radical (unpaired) electrons. The number of rotatable bonds is 3. The van der Waals surface area contributed by atoms with Crippen LogP contribution in [0.2, 0.25) is 0 Å². The van der Waals surface area contributed by atoms with Gasteiger partial charge in [0.15, 0.2) is 0 Å². The van der Waals surface area contributed by atoms with Crippen molar-refractivity contribution in [2.45, 2.75) is 13.0 Å². The molecule has 0 aliphatic carbocycles. The van der Waals surface area contributed by atoms with Gasteiger partial charge in [-0.1, -0.05) is 12.1 Å². The Morgan fingerprint density at radius 2 is 2.05 bits per heavy atom. The van der Waals surface area contributed by atoms with E-state index in [1.807, 2.05) is 0 Å². The number of hydrogen-bond donors (Lipinski definition) is 3. The summed E-state index contributed by atoms with van der Waals surface area (Å²) < 4.78 is 0.755. The molecule has 5 heteroatoms. The number of nitrogens with two attached hydrogens (primary N) is 1. The lowest BCUT2D eigenvalue weighted by molar-refractivity contribution is 0.102. The van der Waals surface area contributed by atoms with Crippen LogP contribution in [0, 0.1) is 0 Å². The van der Waals surface area contributed by atoms with Gasteiger partial charge in [-0.05, 0) is 58.7 Å². The highest BCUT2D eigenvalue weighted by molar-refractivity contribution is 9.10. The second-order valence-electron chi connectivity index (χ2n) is 4.49. The van der Waals surface area contributed by atoms with Gasteiger partial charge in [-0.2, -0.15) is 0 Å². The summed E-state index contributed by atoms with van der Waals surface area (Å²) in [5.74, 6) is -0.244. The molecule has 2 rings (SSSR count). The van der Waals surface area contributed by atoms with E-state index >= 15 is 0 Å². The molecular formula is C15H15BrN2O2. The van der Waals surface area contributed by atoms with E-state index in [4.69, 9.17) is 5.73 Å². The summed E-state index contributed by atoms with van der Waals surface area (Å²) in [4.78, 5) is 12.1. The van der Waals surface area contributed by atoms with Crippen LogP contribution in [0.5, 0.6) is 0 Å². The lowest BCUT2D eigenvalue weighted by atomic mass is 10.1. The highest BCUT2D eigenvalue weighted by atomic mass is 79.9. The van der Waals surface area contributed by atoms with Gasteiger partial charge in [0.1, 0.15) is 0 Å². The van der Waals surface area contributed by atoms with Crippen molar-refractivity contribution < 1.29 is 9.90 Å². The lowest BCUT2D eigenvalue weighted by Gasteiger charge is -2.09. The molecule has 0 heterocycles. The molecule has 4 nitrogen and oxygen atoms in total. The molecule has 2 aromatic rings. The van der Waals surface area contributed by atoms with Gasteiger partial charge in [0.25, 0.3) is 5.91 Å². The molecule has 0 aliphatic rings. The first-order valence-corrected chi connectivity index (χ1v) is 6.91. The van der Waals surface area contributed by atoms with Crippen molar-refractivity contribution in [1.82, 2.24) is 0 Å². The number of carbonyl (C=O) groups excluding carboxylic acids is 1. The monoisotopic (exact) mass is 334 g/mol. The maximum absolute atomic E-state index is 12.1. The van der Waals surface area contributed by atoms with Crippen molar-refractivity contribution in [2.24, 2.45) is 0 Å². The van der Waals surface area contributed by atoms with E-state index in [2.05, 4.69) is 21.2 Å². The van der Waals surface area contributed by atoms with Crippen molar-refractivity contribution >= 4 is 33.2 Å². The van der Waals surface area contributed by atoms with E-state index in [-0.39, 0.29) is 5.91 Å². The Hall–Kier alpha value is -1.85. The van der Waals surface area contributed by atoms with Gasteiger partial charge in [0.2, 0.25) is 0 Å². The minimum atomic E-state index is -0.574. The summed E-state index contributed by atoms with van der Waals surface area (Å²) in [6.07, 6.45) is -0.574. The Bertz CT molecular complexity index is 642.